The Kier molecular flexibility index (Phi) is 5.34. The van der Waals surface area contributed by atoms with Gasteiger partial charge in [0.05, 0.1) is 31.0 Å². The van der Waals surface area contributed by atoms with Crippen LogP contribution in [0.5, 0.6) is 0 Å². The minimum Gasteiger partial charge on any atom is -0.379 e. The van der Waals surface area contributed by atoms with Crippen molar-refractivity contribution in [2.24, 2.45) is 5.92 Å². The lowest BCUT2D eigenvalue weighted by molar-refractivity contribution is -0.120. The standard InChI is InChI=1S/C14H20ClN3O2/c1-3-4-16-12-8-20-7-11(12)14(19)18-10-5-9(2)13(15)17-6-10/h5-6,11-12,16H,3-4,7-8H2,1-2H3,(H,18,19). The summed E-state index contributed by atoms with van der Waals surface area (Å²) >= 11 is 5.87. The molecule has 2 N–H and O–H groups in total. The second kappa shape index (κ2) is 7.02. The normalized spacial score (nSPS) is 21.9. The van der Waals surface area contributed by atoms with Gasteiger partial charge in [-0.25, -0.2) is 4.98 Å². The summed E-state index contributed by atoms with van der Waals surface area (Å²) in [5.74, 6) is -0.211. The second-order valence-electron chi connectivity index (χ2n) is 5.03. The van der Waals surface area contributed by atoms with E-state index in [1.165, 1.54) is 0 Å². The van der Waals surface area contributed by atoms with E-state index in [-0.39, 0.29) is 17.9 Å². The van der Waals surface area contributed by atoms with E-state index < -0.39 is 0 Å². The van der Waals surface area contributed by atoms with Gasteiger partial charge >= 0.3 is 0 Å². The summed E-state index contributed by atoms with van der Waals surface area (Å²) in [4.78, 5) is 16.3. The van der Waals surface area contributed by atoms with Crippen LogP contribution >= 0.6 is 11.6 Å². The van der Waals surface area contributed by atoms with Crippen LogP contribution in [0.2, 0.25) is 5.15 Å². The molecule has 2 atom stereocenters. The molecule has 2 rings (SSSR count). The molecule has 1 saturated heterocycles. The zero-order chi connectivity index (χ0) is 14.5. The second-order valence-corrected chi connectivity index (χ2v) is 5.38. The molecule has 110 valence electrons. The molecular weight excluding hydrogens is 278 g/mol. The summed E-state index contributed by atoms with van der Waals surface area (Å²) in [6.45, 7) is 5.87. The zero-order valence-corrected chi connectivity index (χ0v) is 12.5. The van der Waals surface area contributed by atoms with E-state index >= 15 is 0 Å². The highest BCUT2D eigenvalue weighted by Crippen LogP contribution is 2.19. The van der Waals surface area contributed by atoms with Gasteiger partial charge in [0.25, 0.3) is 0 Å². The van der Waals surface area contributed by atoms with Gasteiger partial charge in [0, 0.05) is 6.04 Å². The number of amides is 1. The highest BCUT2D eigenvalue weighted by Gasteiger charge is 2.33. The molecule has 2 unspecified atom stereocenters. The minimum atomic E-state index is -0.169. The van der Waals surface area contributed by atoms with Gasteiger partial charge < -0.3 is 15.4 Å². The summed E-state index contributed by atoms with van der Waals surface area (Å²) in [7, 11) is 0. The maximum atomic E-state index is 12.3. The molecule has 1 fully saturated rings. The molecule has 0 saturated carbocycles. The van der Waals surface area contributed by atoms with Crippen LogP contribution in [0.25, 0.3) is 0 Å². The number of halogens is 1. The molecule has 0 aliphatic carbocycles. The molecule has 1 aromatic rings. The van der Waals surface area contributed by atoms with Crippen LogP contribution in [0.3, 0.4) is 0 Å². The Morgan fingerprint density at radius 2 is 2.35 bits per heavy atom. The van der Waals surface area contributed by atoms with Crippen LogP contribution < -0.4 is 10.6 Å². The summed E-state index contributed by atoms with van der Waals surface area (Å²) in [6, 6.07) is 1.90. The van der Waals surface area contributed by atoms with Gasteiger partial charge in [-0.05, 0) is 31.5 Å². The van der Waals surface area contributed by atoms with Crippen molar-refractivity contribution in [3.05, 3.63) is 23.0 Å². The Balaban J connectivity index is 1.98. The first-order chi connectivity index (χ1) is 9.61. The number of rotatable bonds is 5. The van der Waals surface area contributed by atoms with Gasteiger partial charge in [-0.1, -0.05) is 18.5 Å². The third kappa shape index (κ3) is 3.69. The SMILES string of the molecule is CCCNC1COCC1C(=O)Nc1cnc(Cl)c(C)c1. The van der Waals surface area contributed by atoms with E-state index in [1.807, 2.05) is 13.0 Å². The average molecular weight is 298 g/mol. The molecule has 5 nitrogen and oxygen atoms in total. The topological polar surface area (TPSA) is 63.2 Å². The summed E-state index contributed by atoms with van der Waals surface area (Å²) in [5.41, 5.74) is 1.51. The molecule has 0 spiro atoms. The fourth-order valence-electron chi connectivity index (χ4n) is 2.21. The molecule has 6 heteroatoms. The smallest absolute Gasteiger partial charge is 0.231 e. The van der Waals surface area contributed by atoms with Crippen LogP contribution in [-0.4, -0.2) is 36.7 Å². The van der Waals surface area contributed by atoms with Gasteiger partial charge in [-0.2, -0.15) is 0 Å². The van der Waals surface area contributed by atoms with Crippen LogP contribution in [0.4, 0.5) is 5.69 Å². The number of pyridine rings is 1. The van der Waals surface area contributed by atoms with Gasteiger partial charge in [0.2, 0.25) is 5.91 Å². The Bertz CT molecular complexity index is 481. The van der Waals surface area contributed by atoms with Crippen molar-refractivity contribution in [1.82, 2.24) is 10.3 Å². The number of hydrogen-bond donors (Lipinski definition) is 2. The van der Waals surface area contributed by atoms with E-state index in [4.69, 9.17) is 16.3 Å². The van der Waals surface area contributed by atoms with Crippen molar-refractivity contribution in [1.29, 1.82) is 0 Å². The lowest BCUT2D eigenvalue weighted by atomic mass is 10.0. The van der Waals surface area contributed by atoms with Crippen molar-refractivity contribution in [2.45, 2.75) is 26.3 Å². The average Bonchev–Trinajstić information content (AvgIpc) is 2.89. The molecule has 1 amide bonds. The maximum absolute atomic E-state index is 12.3. The maximum Gasteiger partial charge on any atom is 0.231 e. The van der Waals surface area contributed by atoms with Gasteiger partial charge in [-0.3, -0.25) is 4.79 Å². The molecule has 1 aromatic heterocycles. The van der Waals surface area contributed by atoms with Crippen LogP contribution in [0, 0.1) is 12.8 Å². The lowest BCUT2D eigenvalue weighted by Gasteiger charge is -2.18. The predicted octanol–water partition coefficient (Wildman–Crippen LogP) is 2.00. The van der Waals surface area contributed by atoms with Crippen LogP contribution in [0.1, 0.15) is 18.9 Å². The van der Waals surface area contributed by atoms with E-state index in [2.05, 4.69) is 22.5 Å². The van der Waals surface area contributed by atoms with Crippen molar-refractivity contribution in [2.75, 3.05) is 25.1 Å². The van der Waals surface area contributed by atoms with Crippen molar-refractivity contribution in [3.63, 3.8) is 0 Å². The van der Waals surface area contributed by atoms with E-state index in [0.717, 1.165) is 18.5 Å². The van der Waals surface area contributed by atoms with Gasteiger partial charge in [0.1, 0.15) is 5.15 Å². The number of nitrogens with zero attached hydrogens (tertiary/aromatic N) is 1. The quantitative estimate of drug-likeness (QED) is 0.816. The fraction of sp³-hybridized carbons (Fsp3) is 0.571. The Morgan fingerprint density at radius 3 is 3.05 bits per heavy atom. The molecule has 0 aromatic carbocycles. The van der Waals surface area contributed by atoms with Gasteiger partial charge in [0.15, 0.2) is 0 Å². The Labute approximate surface area is 124 Å². The molecule has 2 heterocycles. The lowest BCUT2D eigenvalue weighted by Crippen LogP contribution is -2.41. The summed E-state index contributed by atoms with van der Waals surface area (Å²) in [6.07, 6.45) is 2.60. The predicted molar refractivity (Wildman–Crippen MR) is 79.0 cm³/mol. The largest absolute Gasteiger partial charge is 0.379 e. The van der Waals surface area contributed by atoms with E-state index in [9.17, 15) is 4.79 Å². The number of nitrogens with one attached hydrogen (secondary N) is 2. The number of carbonyl (C=O) groups excluding carboxylic acids is 1. The Hall–Kier alpha value is -1.17. The molecule has 0 radical (unpaired) electrons. The molecule has 1 aliphatic rings. The number of hydrogen-bond acceptors (Lipinski definition) is 4. The first-order valence-corrected chi connectivity index (χ1v) is 7.23. The summed E-state index contributed by atoms with van der Waals surface area (Å²) < 4.78 is 5.41. The molecule has 0 bridgehead atoms. The monoisotopic (exact) mass is 297 g/mol. The fourth-order valence-corrected chi connectivity index (χ4v) is 2.31. The first kappa shape index (κ1) is 15.2. The molecular formula is C14H20ClN3O2. The first-order valence-electron chi connectivity index (χ1n) is 6.86. The van der Waals surface area contributed by atoms with Crippen molar-refractivity contribution >= 4 is 23.2 Å². The highest BCUT2D eigenvalue weighted by molar-refractivity contribution is 6.30. The third-order valence-electron chi connectivity index (χ3n) is 3.36. The number of aromatic nitrogens is 1. The van der Waals surface area contributed by atoms with E-state index in [0.29, 0.717) is 24.1 Å². The Morgan fingerprint density at radius 1 is 1.55 bits per heavy atom. The zero-order valence-electron chi connectivity index (χ0n) is 11.8. The van der Waals surface area contributed by atoms with Gasteiger partial charge in [-0.15, -0.1) is 0 Å². The molecule has 20 heavy (non-hydrogen) atoms. The summed E-state index contributed by atoms with van der Waals surface area (Å²) in [5, 5.41) is 6.68. The van der Waals surface area contributed by atoms with Crippen LogP contribution in [-0.2, 0) is 9.53 Å². The minimum absolute atomic E-state index is 0.0420. The third-order valence-corrected chi connectivity index (χ3v) is 3.75. The number of carbonyl (C=O) groups is 1. The number of anilines is 1. The van der Waals surface area contributed by atoms with Crippen molar-refractivity contribution in [3.8, 4) is 0 Å². The number of aryl methyl sites for hydroxylation is 1. The highest BCUT2D eigenvalue weighted by atomic mass is 35.5. The molecule has 1 aliphatic heterocycles. The van der Waals surface area contributed by atoms with Crippen molar-refractivity contribution < 1.29 is 9.53 Å². The number of ether oxygens (including phenoxy) is 1. The van der Waals surface area contributed by atoms with E-state index in [1.54, 1.807) is 6.20 Å². The van der Waals surface area contributed by atoms with Crippen LogP contribution in [0.15, 0.2) is 12.3 Å².